The topological polar surface area (TPSA) is 84.0 Å². The van der Waals surface area contributed by atoms with Gasteiger partial charge < -0.3 is 4.74 Å². The Balaban J connectivity index is 1.71. The molecule has 0 aliphatic carbocycles. The van der Waals surface area contributed by atoms with Gasteiger partial charge in [-0.05, 0) is 57.5 Å². The number of carbonyl (C=O) groups excluding carboxylic acids is 4. The van der Waals surface area contributed by atoms with Gasteiger partial charge in [0, 0.05) is 6.54 Å². The van der Waals surface area contributed by atoms with Crippen LogP contribution in [-0.4, -0.2) is 50.5 Å². The van der Waals surface area contributed by atoms with E-state index in [-0.39, 0.29) is 11.1 Å². The van der Waals surface area contributed by atoms with Gasteiger partial charge in [0.05, 0.1) is 16.5 Å². The first-order valence-corrected chi connectivity index (χ1v) is 9.25. The Bertz CT molecular complexity index is 751. The van der Waals surface area contributed by atoms with Crippen molar-refractivity contribution in [2.75, 3.05) is 6.54 Å². The second-order valence-electron chi connectivity index (χ2n) is 7.15. The molecule has 7 nitrogen and oxygen atoms in total. The van der Waals surface area contributed by atoms with Crippen LogP contribution in [0, 0.1) is 0 Å². The Labute approximate surface area is 155 Å². The number of likely N-dealkylation sites (tertiary alicyclic amines) is 1. The normalized spacial score (nSPS) is 19.7. The fraction of sp³-hybridized carbons (Fsp3) is 0.444. The third-order valence-electron chi connectivity index (χ3n) is 4.04. The molecule has 2 aliphatic heterocycles. The first-order valence-electron chi connectivity index (χ1n) is 8.37. The SMILES string of the molecule is CC(C)(C)OC(=O)N1CCC[C@@H]1SC(=O)N1C(=O)c2ccccc2C1=O. The van der Waals surface area contributed by atoms with Crippen LogP contribution < -0.4 is 0 Å². The summed E-state index contributed by atoms with van der Waals surface area (Å²) in [5.74, 6) is -1.24. The van der Waals surface area contributed by atoms with Gasteiger partial charge in [0.1, 0.15) is 5.60 Å². The van der Waals surface area contributed by atoms with E-state index < -0.39 is 34.1 Å². The molecule has 0 spiro atoms. The van der Waals surface area contributed by atoms with Gasteiger partial charge in [-0.15, -0.1) is 0 Å². The summed E-state index contributed by atoms with van der Waals surface area (Å²) in [4.78, 5) is 51.8. The van der Waals surface area contributed by atoms with E-state index in [1.54, 1.807) is 32.9 Å². The molecular formula is C18H20N2O5S. The number of hydrogen-bond donors (Lipinski definition) is 0. The Morgan fingerprint density at radius 1 is 1.12 bits per heavy atom. The van der Waals surface area contributed by atoms with Crippen LogP contribution in [0.3, 0.4) is 0 Å². The predicted octanol–water partition coefficient (Wildman–Crippen LogP) is 3.49. The van der Waals surface area contributed by atoms with Gasteiger partial charge in [-0.1, -0.05) is 12.1 Å². The highest BCUT2D eigenvalue weighted by Crippen LogP contribution is 2.33. The molecule has 0 unspecified atom stereocenters. The van der Waals surface area contributed by atoms with Crippen molar-refractivity contribution in [1.29, 1.82) is 0 Å². The van der Waals surface area contributed by atoms with E-state index in [9.17, 15) is 19.2 Å². The monoisotopic (exact) mass is 376 g/mol. The van der Waals surface area contributed by atoms with Crippen LogP contribution in [0.25, 0.3) is 0 Å². The van der Waals surface area contributed by atoms with Crippen LogP contribution in [-0.2, 0) is 4.74 Å². The van der Waals surface area contributed by atoms with Crippen molar-refractivity contribution >= 4 is 34.9 Å². The van der Waals surface area contributed by atoms with E-state index in [1.165, 1.54) is 17.0 Å². The molecule has 26 heavy (non-hydrogen) atoms. The smallest absolute Gasteiger partial charge is 0.411 e. The quantitative estimate of drug-likeness (QED) is 0.698. The number of benzene rings is 1. The van der Waals surface area contributed by atoms with E-state index in [1.807, 2.05) is 0 Å². The number of nitrogens with zero attached hydrogens (tertiary/aromatic N) is 2. The van der Waals surface area contributed by atoms with Crippen molar-refractivity contribution in [2.24, 2.45) is 0 Å². The summed E-state index contributed by atoms with van der Waals surface area (Å²) in [5, 5.41) is -1.13. The summed E-state index contributed by atoms with van der Waals surface area (Å²) in [6.07, 6.45) is 0.827. The molecule has 8 heteroatoms. The molecule has 2 aliphatic rings. The molecule has 1 aromatic carbocycles. The van der Waals surface area contributed by atoms with Crippen LogP contribution in [0.2, 0.25) is 0 Å². The van der Waals surface area contributed by atoms with E-state index in [0.717, 1.165) is 18.2 Å². The van der Waals surface area contributed by atoms with E-state index in [4.69, 9.17) is 4.74 Å². The Hall–Kier alpha value is -2.35. The zero-order valence-electron chi connectivity index (χ0n) is 14.9. The van der Waals surface area contributed by atoms with Crippen molar-refractivity contribution in [1.82, 2.24) is 9.80 Å². The second kappa shape index (κ2) is 6.75. The maximum atomic E-state index is 12.6. The molecule has 1 fully saturated rings. The third-order valence-corrected chi connectivity index (χ3v) is 5.19. The molecule has 0 saturated carbocycles. The molecule has 138 valence electrons. The maximum Gasteiger partial charge on any atom is 0.411 e. The summed E-state index contributed by atoms with van der Waals surface area (Å²) >= 11 is 0.815. The summed E-state index contributed by atoms with van der Waals surface area (Å²) in [6.45, 7) is 5.79. The Morgan fingerprint density at radius 2 is 1.69 bits per heavy atom. The molecular weight excluding hydrogens is 356 g/mol. The van der Waals surface area contributed by atoms with Crippen molar-refractivity contribution < 1.29 is 23.9 Å². The van der Waals surface area contributed by atoms with Gasteiger partial charge in [-0.25, -0.2) is 9.69 Å². The molecule has 1 atom stereocenters. The maximum absolute atomic E-state index is 12.6. The summed E-state index contributed by atoms with van der Waals surface area (Å²) < 4.78 is 5.37. The first-order chi connectivity index (χ1) is 12.2. The third kappa shape index (κ3) is 3.46. The molecule has 0 aromatic heterocycles. The summed E-state index contributed by atoms with van der Waals surface area (Å²) in [7, 11) is 0. The predicted molar refractivity (Wildman–Crippen MR) is 95.9 cm³/mol. The molecule has 0 bridgehead atoms. The van der Waals surface area contributed by atoms with Crippen molar-refractivity contribution in [2.45, 2.75) is 44.6 Å². The van der Waals surface area contributed by atoms with Crippen molar-refractivity contribution in [3.63, 3.8) is 0 Å². The number of rotatable bonds is 1. The second-order valence-corrected chi connectivity index (χ2v) is 8.27. The van der Waals surface area contributed by atoms with Crippen molar-refractivity contribution in [3.05, 3.63) is 35.4 Å². The van der Waals surface area contributed by atoms with Gasteiger partial charge in [0.25, 0.3) is 17.1 Å². The van der Waals surface area contributed by atoms with Crippen LogP contribution in [0.1, 0.15) is 54.3 Å². The van der Waals surface area contributed by atoms with E-state index >= 15 is 0 Å². The lowest BCUT2D eigenvalue weighted by Crippen LogP contribution is -2.41. The van der Waals surface area contributed by atoms with Crippen LogP contribution in [0.15, 0.2) is 24.3 Å². The van der Waals surface area contributed by atoms with E-state index in [2.05, 4.69) is 0 Å². The number of thioether (sulfide) groups is 1. The molecule has 0 radical (unpaired) electrons. The van der Waals surface area contributed by atoms with Crippen LogP contribution >= 0.6 is 11.8 Å². The largest absolute Gasteiger partial charge is 0.444 e. The average molecular weight is 376 g/mol. The lowest BCUT2D eigenvalue weighted by molar-refractivity contribution is 0.0278. The lowest BCUT2D eigenvalue weighted by Gasteiger charge is -2.28. The highest BCUT2D eigenvalue weighted by molar-refractivity contribution is 8.14. The van der Waals surface area contributed by atoms with Gasteiger partial charge in [-0.2, -0.15) is 0 Å². The van der Waals surface area contributed by atoms with Crippen LogP contribution in [0.4, 0.5) is 9.59 Å². The molecule has 3 rings (SSSR count). The summed E-state index contributed by atoms with van der Waals surface area (Å²) in [5.41, 5.74) is -0.190. The highest BCUT2D eigenvalue weighted by atomic mass is 32.2. The fourth-order valence-corrected chi connectivity index (χ4v) is 4.02. The zero-order chi connectivity index (χ0) is 19.1. The minimum atomic E-state index is -0.670. The van der Waals surface area contributed by atoms with Gasteiger partial charge in [0.15, 0.2) is 0 Å². The highest BCUT2D eigenvalue weighted by Gasteiger charge is 2.42. The van der Waals surface area contributed by atoms with Gasteiger partial charge in [-0.3, -0.25) is 19.3 Å². The molecule has 1 aromatic rings. The number of imide groups is 3. The Morgan fingerprint density at radius 3 is 2.23 bits per heavy atom. The minimum Gasteiger partial charge on any atom is -0.444 e. The first kappa shape index (κ1) is 18.4. The number of amides is 4. The average Bonchev–Trinajstić information content (AvgIpc) is 3.10. The zero-order valence-corrected chi connectivity index (χ0v) is 15.7. The summed E-state index contributed by atoms with van der Waals surface area (Å²) in [6, 6.07) is 6.34. The number of hydrogen-bond acceptors (Lipinski definition) is 6. The van der Waals surface area contributed by atoms with Gasteiger partial charge >= 0.3 is 6.09 Å². The van der Waals surface area contributed by atoms with Gasteiger partial charge in [0.2, 0.25) is 0 Å². The molecule has 2 heterocycles. The van der Waals surface area contributed by atoms with Crippen LogP contribution in [0.5, 0.6) is 0 Å². The standard InChI is InChI=1S/C18H20N2O5S/c1-18(2,3)25-16(23)19-10-6-9-13(19)26-17(24)20-14(21)11-7-4-5-8-12(11)15(20)22/h4-5,7-8,13H,6,9-10H2,1-3H3/t13-/m0/s1. The fourth-order valence-electron chi connectivity index (χ4n) is 2.91. The number of fused-ring (bicyclic) bond motifs is 1. The molecule has 4 amide bonds. The molecule has 0 N–H and O–H groups in total. The number of ether oxygens (including phenoxy) is 1. The van der Waals surface area contributed by atoms with Crippen molar-refractivity contribution in [3.8, 4) is 0 Å². The molecule has 1 saturated heterocycles. The minimum absolute atomic E-state index is 0.224. The Kier molecular flexibility index (Phi) is 4.79. The number of carbonyl (C=O) groups is 4. The lowest BCUT2D eigenvalue weighted by atomic mass is 10.1. The van der Waals surface area contributed by atoms with E-state index in [0.29, 0.717) is 17.9 Å².